The van der Waals surface area contributed by atoms with Crippen molar-refractivity contribution < 1.29 is 4.74 Å². The number of fused-ring (bicyclic) bond motifs is 1. The van der Waals surface area contributed by atoms with E-state index < -0.39 is 0 Å². The van der Waals surface area contributed by atoms with Gasteiger partial charge in [-0.2, -0.15) is 0 Å². The van der Waals surface area contributed by atoms with Crippen LogP contribution in [0.1, 0.15) is 38.8 Å². The SMILES string of the molecule is CCOC(C)(CC)C(N)c1cncc2ccccc12. The molecule has 0 amide bonds. The summed E-state index contributed by atoms with van der Waals surface area (Å²) in [6.45, 7) is 6.84. The molecule has 2 aromatic rings. The summed E-state index contributed by atoms with van der Waals surface area (Å²) in [6, 6.07) is 8.01. The van der Waals surface area contributed by atoms with Gasteiger partial charge in [-0.25, -0.2) is 0 Å². The Bertz CT molecular complexity index is 550. The van der Waals surface area contributed by atoms with Crippen molar-refractivity contribution in [2.75, 3.05) is 6.61 Å². The van der Waals surface area contributed by atoms with Crippen molar-refractivity contribution in [1.29, 1.82) is 0 Å². The van der Waals surface area contributed by atoms with E-state index in [9.17, 15) is 0 Å². The van der Waals surface area contributed by atoms with Gasteiger partial charge < -0.3 is 10.5 Å². The number of pyridine rings is 1. The van der Waals surface area contributed by atoms with E-state index in [-0.39, 0.29) is 11.6 Å². The van der Waals surface area contributed by atoms with Gasteiger partial charge in [0, 0.05) is 24.4 Å². The largest absolute Gasteiger partial charge is 0.374 e. The summed E-state index contributed by atoms with van der Waals surface area (Å²) in [5.74, 6) is 0. The fraction of sp³-hybridized carbons (Fsp3) is 0.438. The molecule has 3 heteroatoms. The van der Waals surface area contributed by atoms with Gasteiger partial charge in [-0.15, -0.1) is 0 Å². The average molecular weight is 258 g/mol. The smallest absolute Gasteiger partial charge is 0.0844 e. The molecular formula is C16H22N2O. The lowest BCUT2D eigenvalue weighted by atomic mass is 9.87. The van der Waals surface area contributed by atoms with Crippen molar-refractivity contribution in [1.82, 2.24) is 4.98 Å². The van der Waals surface area contributed by atoms with Crippen LogP contribution in [0.5, 0.6) is 0 Å². The summed E-state index contributed by atoms with van der Waals surface area (Å²) in [5.41, 5.74) is 7.16. The minimum atomic E-state index is -0.361. The molecule has 1 heterocycles. The molecule has 0 saturated carbocycles. The van der Waals surface area contributed by atoms with Gasteiger partial charge in [-0.1, -0.05) is 31.2 Å². The highest BCUT2D eigenvalue weighted by Gasteiger charge is 2.32. The zero-order valence-electron chi connectivity index (χ0n) is 11.9. The first-order chi connectivity index (χ1) is 9.12. The molecule has 1 aromatic carbocycles. The van der Waals surface area contributed by atoms with E-state index in [1.807, 2.05) is 31.5 Å². The van der Waals surface area contributed by atoms with E-state index in [1.54, 1.807) is 0 Å². The summed E-state index contributed by atoms with van der Waals surface area (Å²) >= 11 is 0. The Hall–Kier alpha value is -1.45. The number of nitrogens with two attached hydrogens (primary N) is 1. The predicted molar refractivity (Wildman–Crippen MR) is 79.0 cm³/mol. The molecule has 1 aromatic heterocycles. The molecular weight excluding hydrogens is 236 g/mol. The Morgan fingerprint density at radius 1 is 1.26 bits per heavy atom. The molecule has 0 bridgehead atoms. The lowest BCUT2D eigenvalue weighted by Gasteiger charge is -2.35. The van der Waals surface area contributed by atoms with Gasteiger partial charge in [0.15, 0.2) is 0 Å². The quantitative estimate of drug-likeness (QED) is 0.893. The topological polar surface area (TPSA) is 48.1 Å². The monoisotopic (exact) mass is 258 g/mol. The van der Waals surface area contributed by atoms with Crippen LogP contribution in [-0.4, -0.2) is 17.2 Å². The van der Waals surface area contributed by atoms with Crippen LogP contribution in [0, 0.1) is 0 Å². The summed E-state index contributed by atoms with van der Waals surface area (Å²) in [4.78, 5) is 4.31. The first-order valence-electron chi connectivity index (χ1n) is 6.84. The normalized spacial score (nSPS) is 16.2. The highest BCUT2D eigenvalue weighted by Crippen LogP contribution is 2.33. The first-order valence-corrected chi connectivity index (χ1v) is 6.84. The fourth-order valence-corrected chi connectivity index (χ4v) is 2.46. The third-order valence-corrected chi connectivity index (χ3v) is 3.87. The maximum absolute atomic E-state index is 6.47. The van der Waals surface area contributed by atoms with Gasteiger partial charge >= 0.3 is 0 Å². The first kappa shape index (κ1) is 14.0. The standard InChI is InChI=1S/C16H22N2O/c1-4-16(3,19-5-2)15(17)14-11-18-10-12-8-6-7-9-13(12)14/h6-11,15H,4-5,17H2,1-3H3. The molecule has 0 aliphatic rings. The van der Waals surface area contributed by atoms with Crippen molar-refractivity contribution in [3.63, 3.8) is 0 Å². The molecule has 102 valence electrons. The van der Waals surface area contributed by atoms with E-state index in [1.165, 1.54) is 0 Å². The zero-order chi connectivity index (χ0) is 13.9. The Balaban J connectivity index is 2.49. The van der Waals surface area contributed by atoms with Crippen LogP contribution in [0.25, 0.3) is 10.8 Å². The third-order valence-electron chi connectivity index (χ3n) is 3.87. The minimum Gasteiger partial charge on any atom is -0.374 e. The average Bonchev–Trinajstić information content (AvgIpc) is 2.46. The number of nitrogens with zero attached hydrogens (tertiary/aromatic N) is 1. The van der Waals surface area contributed by atoms with Crippen LogP contribution in [0.4, 0.5) is 0 Å². The number of benzene rings is 1. The Morgan fingerprint density at radius 2 is 2.00 bits per heavy atom. The van der Waals surface area contributed by atoms with Gasteiger partial charge in [0.2, 0.25) is 0 Å². The number of rotatable bonds is 5. The van der Waals surface area contributed by atoms with E-state index in [0.717, 1.165) is 22.8 Å². The molecule has 0 aliphatic carbocycles. The molecule has 2 atom stereocenters. The lowest BCUT2D eigenvalue weighted by Crippen LogP contribution is -2.40. The molecule has 2 unspecified atom stereocenters. The van der Waals surface area contributed by atoms with Crippen molar-refractivity contribution >= 4 is 10.8 Å². The zero-order valence-corrected chi connectivity index (χ0v) is 11.9. The second kappa shape index (κ2) is 5.68. The van der Waals surface area contributed by atoms with Crippen molar-refractivity contribution in [3.05, 3.63) is 42.2 Å². The van der Waals surface area contributed by atoms with Gasteiger partial charge in [0.05, 0.1) is 11.6 Å². The number of hydrogen-bond donors (Lipinski definition) is 1. The van der Waals surface area contributed by atoms with Crippen LogP contribution < -0.4 is 5.73 Å². The molecule has 19 heavy (non-hydrogen) atoms. The molecule has 0 aliphatic heterocycles. The van der Waals surface area contributed by atoms with Gasteiger partial charge in [0.25, 0.3) is 0 Å². The van der Waals surface area contributed by atoms with E-state index in [0.29, 0.717) is 6.61 Å². The van der Waals surface area contributed by atoms with Crippen LogP contribution >= 0.6 is 0 Å². The van der Waals surface area contributed by atoms with Crippen LogP contribution in [-0.2, 0) is 4.74 Å². The molecule has 0 spiro atoms. The second-order valence-corrected chi connectivity index (χ2v) is 5.03. The fourth-order valence-electron chi connectivity index (χ4n) is 2.46. The molecule has 0 radical (unpaired) electrons. The van der Waals surface area contributed by atoms with Crippen LogP contribution in [0.2, 0.25) is 0 Å². The number of ether oxygens (including phenoxy) is 1. The van der Waals surface area contributed by atoms with E-state index in [4.69, 9.17) is 10.5 Å². The van der Waals surface area contributed by atoms with Crippen LogP contribution in [0.3, 0.4) is 0 Å². The summed E-state index contributed by atoms with van der Waals surface area (Å²) in [7, 11) is 0. The number of aromatic nitrogens is 1. The Labute approximate surface area is 114 Å². The van der Waals surface area contributed by atoms with Crippen molar-refractivity contribution in [2.45, 2.75) is 38.8 Å². The number of hydrogen-bond acceptors (Lipinski definition) is 3. The Morgan fingerprint density at radius 3 is 2.68 bits per heavy atom. The molecule has 2 rings (SSSR count). The minimum absolute atomic E-state index is 0.184. The van der Waals surface area contributed by atoms with Crippen molar-refractivity contribution in [3.8, 4) is 0 Å². The van der Waals surface area contributed by atoms with Gasteiger partial charge in [0.1, 0.15) is 0 Å². The van der Waals surface area contributed by atoms with Gasteiger partial charge in [-0.3, -0.25) is 4.98 Å². The Kier molecular flexibility index (Phi) is 4.17. The third kappa shape index (κ3) is 2.62. The van der Waals surface area contributed by atoms with E-state index in [2.05, 4.69) is 31.0 Å². The maximum atomic E-state index is 6.47. The summed E-state index contributed by atoms with van der Waals surface area (Å²) in [6.07, 6.45) is 4.60. The summed E-state index contributed by atoms with van der Waals surface area (Å²) < 4.78 is 5.89. The van der Waals surface area contributed by atoms with Gasteiger partial charge in [-0.05, 0) is 31.2 Å². The molecule has 3 nitrogen and oxygen atoms in total. The highest BCUT2D eigenvalue weighted by molar-refractivity contribution is 5.85. The maximum Gasteiger partial charge on any atom is 0.0844 e. The van der Waals surface area contributed by atoms with Crippen molar-refractivity contribution in [2.24, 2.45) is 5.73 Å². The molecule has 0 saturated heterocycles. The predicted octanol–water partition coefficient (Wildman–Crippen LogP) is 3.44. The summed E-state index contributed by atoms with van der Waals surface area (Å²) in [5, 5.41) is 2.27. The lowest BCUT2D eigenvalue weighted by molar-refractivity contribution is -0.0470. The van der Waals surface area contributed by atoms with Crippen LogP contribution in [0.15, 0.2) is 36.7 Å². The molecule has 0 fully saturated rings. The second-order valence-electron chi connectivity index (χ2n) is 5.03. The van der Waals surface area contributed by atoms with E-state index >= 15 is 0 Å². The highest BCUT2D eigenvalue weighted by atomic mass is 16.5. The molecule has 2 N–H and O–H groups in total.